The number of hydrogen-bond acceptors (Lipinski definition) is 4. The summed E-state index contributed by atoms with van der Waals surface area (Å²) in [5.74, 6) is 0. The van der Waals surface area contributed by atoms with E-state index in [9.17, 15) is 27.6 Å². The molecule has 0 N–H and O–H groups in total. The summed E-state index contributed by atoms with van der Waals surface area (Å²) >= 11 is 0. The van der Waals surface area contributed by atoms with Crippen LogP contribution in [-0.4, -0.2) is 9.13 Å². The Balaban J connectivity index is 1.21. The maximum atomic E-state index is 10.3. The number of nitrogens with zero attached hydrogens (tertiary/aromatic N) is 8. The Morgan fingerprint density at radius 2 is 0.800 bits per heavy atom. The number of aromatic nitrogens is 2. The zero-order valence-corrected chi connectivity index (χ0v) is 40.1. The van der Waals surface area contributed by atoms with E-state index in [-0.39, 0.29) is 0 Å². The predicted molar refractivity (Wildman–Crippen MR) is 298 cm³/mol. The van der Waals surface area contributed by atoms with E-state index in [0.29, 0.717) is 45.0 Å². The smallest absolute Gasteiger partial charge is 0.234 e. The molecule has 12 aromatic rings. The molecule has 0 fully saturated rings. The van der Waals surface area contributed by atoms with Gasteiger partial charge in [0.15, 0.2) is 5.69 Å². The first kappa shape index (κ1) is 44.9. The van der Waals surface area contributed by atoms with E-state index in [1.807, 2.05) is 177 Å². The van der Waals surface area contributed by atoms with Crippen molar-refractivity contribution < 1.29 is 0 Å². The number of aryl methyl sites for hydroxylation is 1. The van der Waals surface area contributed by atoms with Gasteiger partial charge in [-0.05, 0) is 153 Å². The van der Waals surface area contributed by atoms with Crippen LogP contribution in [0.25, 0.3) is 120 Å². The Bertz CT molecular complexity index is 4470. The van der Waals surface area contributed by atoms with Crippen LogP contribution in [0.2, 0.25) is 0 Å². The van der Waals surface area contributed by atoms with E-state index in [2.05, 4.69) is 73.4 Å². The number of hydrogen-bond donors (Lipinski definition) is 0. The van der Waals surface area contributed by atoms with Crippen LogP contribution in [0.5, 0.6) is 0 Å². The normalized spacial score (nSPS) is 10.9. The number of fused-ring (bicyclic) bond motifs is 6. The van der Waals surface area contributed by atoms with Gasteiger partial charge in [-0.2, -0.15) is 21.0 Å². The summed E-state index contributed by atoms with van der Waals surface area (Å²) in [4.78, 5) is 8.38. The molecule has 75 heavy (non-hydrogen) atoms. The summed E-state index contributed by atoms with van der Waals surface area (Å²) in [5, 5.41) is 44.5. The van der Waals surface area contributed by atoms with Crippen molar-refractivity contribution in [3.05, 3.63) is 251 Å². The maximum absolute atomic E-state index is 10.3. The maximum Gasteiger partial charge on any atom is 0.234 e. The zero-order chi connectivity index (χ0) is 51.3. The fourth-order valence-corrected chi connectivity index (χ4v) is 10.9. The third-order valence-electron chi connectivity index (χ3n) is 14.2. The minimum absolute atomic E-state index is 0.351. The van der Waals surface area contributed by atoms with Crippen LogP contribution in [0.15, 0.2) is 200 Å². The Kier molecular flexibility index (Phi) is 10.9. The van der Waals surface area contributed by atoms with Crippen LogP contribution in [0, 0.1) is 65.4 Å². The lowest BCUT2D eigenvalue weighted by Crippen LogP contribution is -2.03. The van der Waals surface area contributed by atoms with Crippen molar-refractivity contribution in [2.24, 2.45) is 0 Å². The molecule has 0 bridgehead atoms. The third kappa shape index (κ3) is 7.33. The molecule has 0 aliphatic rings. The molecule has 0 radical (unpaired) electrons. The molecule has 0 amide bonds. The second-order valence-corrected chi connectivity index (χ2v) is 18.3. The average Bonchev–Trinajstić information content (AvgIpc) is 3.97. The lowest BCUT2D eigenvalue weighted by Gasteiger charge is -2.21. The molecule has 8 nitrogen and oxygen atoms in total. The van der Waals surface area contributed by atoms with Gasteiger partial charge in [0.2, 0.25) is 5.69 Å². The second-order valence-electron chi connectivity index (χ2n) is 18.3. The van der Waals surface area contributed by atoms with Crippen molar-refractivity contribution in [1.82, 2.24) is 9.13 Å². The number of para-hydroxylation sites is 1. The molecular weight excluding hydrogens is 917 g/mol. The van der Waals surface area contributed by atoms with Crippen LogP contribution in [0.1, 0.15) is 27.8 Å². The molecule has 0 saturated heterocycles. The van der Waals surface area contributed by atoms with Crippen LogP contribution in [0.4, 0.5) is 11.4 Å². The Hall–Kier alpha value is -11.3. The minimum atomic E-state index is 0.351. The summed E-state index contributed by atoms with van der Waals surface area (Å²) in [6.07, 6.45) is 0. The Labute approximate surface area is 432 Å². The van der Waals surface area contributed by atoms with E-state index in [1.165, 1.54) is 0 Å². The van der Waals surface area contributed by atoms with Crippen molar-refractivity contribution in [2.45, 2.75) is 6.92 Å². The summed E-state index contributed by atoms with van der Waals surface area (Å²) < 4.78 is 4.28. The van der Waals surface area contributed by atoms with Gasteiger partial charge in [-0.1, -0.05) is 115 Å². The van der Waals surface area contributed by atoms with Gasteiger partial charge in [-0.25, -0.2) is 9.69 Å². The quantitative estimate of drug-likeness (QED) is 0.148. The molecule has 2 aromatic heterocycles. The molecule has 0 atom stereocenters. The van der Waals surface area contributed by atoms with Crippen LogP contribution in [0.3, 0.4) is 0 Å². The molecule has 0 spiro atoms. The molecule has 2 heterocycles. The molecule has 0 saturated carbocycles. The van der Waals surface area contributed by atoms with Gasteiger partial charge in [-0.3, -0.25) is 0 Å². The van der Waals surface area contributed by atoms with E-state index in [0.717, 1.165) is 105 Å². The minimum Gasteiger partial charge on any atom is -0.319 e. The summed E-state index contributed by atoms with van der Waals surface area (Å²) in [6, 6.07) is 74.1. The third-order valence-corrected chi connectivity index (χ3v) is 14.2. The predicted octanol–water partition coefficient (Wildman–Crippen LogP) is 17.1. The molecular formula is C67H36N8. The first-order valence-corrected chi connectivity index (χ1v) is 24.0. The van der Waals surface area contributed by atoms with Gasteiger partial charge in [0, 0.05) is 21.5 Å². The van der Waals surface area contributed by atoms with Crippen LogP contribution in [-0.2, 0) is 0 Å². The van der Waals surface area contributed by atoms with Crippen LogP contribution < -0.4 is 0 Å². The fourth-order valence-electron chi connectivity index (χ4n) is 10.9. The Morgan fingerprint density at radius 3 is 1.24 bits per heavy atom. The van der Waals surface area contributed by atoms with Gasteiger partial charge >= 0.3 is 0 Å². The lowest BCUT2D eigenvalue weighted by molar-refractivity contribution is 1.14. The summed E-state index contributed by atoms with van der Waals surface area (Å²) in [6.45, 7) is 19.3. The SMILES string of the molecule is [C-]#[N+]c1ccccc1-c1ccc2c(c1)c1cc(-c3ccccc3C#N)ccc1n2-c1c(-c2cc(C)cc(C#N)c2)ccc(-n2c3ccc(-c4ccccc4C#N)cc3c3cc(-c4ccccc4C#N)ccc32)c1[N+]#[C-]. The summed E-state index contributed by atoms with van der Waals surface area (Å²) in [7, 11) is 0. The highest BCUT2D eigenvalue weighted by atomic mass is 15.1. The van der Waals surface area contributed by atoms with Crippen LogP contribution >= 0.6 is 0 Å². The number of benzene rings is 10. The highest BCUT2D eigenvalue weighted by molar-refractivity contribution is 6.15. The van der Waals surface area contributed by atoms with Gasteiger partial charge in [0.25, 0.3) is 0 Å². The van der Waals surface area contributed by atoms with E-state index < -0.39 is 0 Å². The first-order valence-electron chi connectivity index (χ1n) is 24.0. The highest BCUT2D eigenvalue weighted by Crippen LogP contribution is 2.48. The highest BCUT2D eigenvalue weighted by Gasteiger charge is 2.26. The van der Waals surface area contributed by atoms with Crippen molar-refractivity contribution >= 4 is 55.0 Å². The standard InChI is InChI=1S/C67H36N8/c1-41-30-42(37-68)32-50(31-41)55-24-29-65(74-61-25-20-43(51-15-7-4-12-47(51)38-69)33-56(61)57-34-44(21-26-62(57)74)52-16-8-5-13-48(52)39-70)66(73-3)67(55)75-63-27-22-45(53-17-9-6-14-49(53)40-71)35-58(63)59-36-46(23-28-64(59)75)54-18-10-11-19-60(54)72-2/h4-36H,1H3. The molecule has 0 aliphatic carbocycles. The summed E-state index contributed by atoms with van der Waals surface area (Å²) in [5.41, 5.74) is 16.4. The van der Waals surface area contributed by atoms with E-state index in [4.69, 9.17) is 6.57 Å². The van der Waals surface area contributed by atoms with Gasteiger partial charge in [0.1, 0.15) is 0 Å². The molecule has 12 rings (SSSR count). The Morgan fingerprint density at radius 1 is 0.373 bits per heavy atom. The molecule has 8 heteroatoms. The monoisotopic (exact) mass is 952 g/mol. The molecule has 10 aromatic carbocycles. The molecule has 0 aliphatic heterocycles. The molecule has 344 valence electrons. The topological polar surface area (TPSA) is 114 Å². The fraction of sp³-hybridized carbons (Fsp3) is 0.0149. The van der Waals surface area contributed by atoms with E-state index in [1.54, 1.807) is 0 Å². The van der Waals surface area contributed by atoms with Crippen molar-refractivity contribution in [3.63, 3.8) is 0 Å². The van der Waals surface area contributed by atoms with Crippen molar-refractivity contribution in [2.75, 3.05) is 0 Å². The number of rotatable bonds is 7. The van der Waals surface area contributed by atoms with Crippen molar-refractivity contribution in [1.29, 1.82) is 21.0 Å². The first-order chi connectivity index (χ1) is 36.8. The second kappa shape index (κ2) is 18.2. The zero-order valence-electron chi connectivity index (χ0n) is 40.1. The lowest BCUT2D eigenvalue weighted by atomic mass is 9.96. The number of nitriles is 4. The van der Waals surface area contributed by atoms with E-state index >= 15 is 0 Å². The largest absolute Gasteiger partial charge is 0.319 e. The van der Waals surface area contributed by atoms with Crippen molar-refractivity contribution in [3.8, 4) is 91.3 Å². The van der Waals surface area contributed by atoms with Gasteiger partial charge in [-0.15, -0.1) is 0 Å². The molecule has 0 unspecified atom stereocenters. The average molecular weight is 953 g/mol. The van der Waals surface area contributed by atoms with Gasteiger partial charge < -0.3 is 9.13 Å². The van der Waals surface area contributed by atoms with Gasteiger partial charge in [0.05, 0.1) is 93.1 Å².